The van der Waals surface area contributed by atoms with Gasteiger partial charge in [-0.15, -0.1) is 0 Å². The van der Waals surface area contributed by atoms with Gasteiger partial charge in [0.2, 0.25) is 0 Å². The molecule has 8 heteroatoms. The minimum atomic E-state index is -5.27. The largest absolute Gasteiger partial charge is 1.00 e. The summed E-state index contributed by atoms with van der Waals surface area (Å²) < 4.78 is 56.4. The minimum Gasteiger partial charge on any atom is -0.508 e. The van der Waals surface area contributed by atoms with Crippen LogP contribution in [0.5, 0.6) is 11.5 Å². The van der Waals surface area contributed by atoms with Crippen LogP contribution in [-0.4, -0.2) is 12.1 Å². The molecule has 0 radical (unpaired) electrons. The van der Waals surface area contributed by atoms with Crippen LogP contribution in [0.3, 0.4) is 0 Å². The van der Waals surface area contributed by atoms with E-state index in [1.165, 1.54) is 24.3 Å². The Kier molecular flexibility index (Phi) is 6.74. The van der Waals surface area contributed by atoms with Gasteiger partial charge in [-0.1, -0.05) is 23.7 Å². The van der Waals surface area contributed by atoms with E-state index >= 15 is 0 Å². The van der Waals surface area contributed by atoms with E-state index < -0.39 is 24.0 Å². The number of halogens is 4. The van der Waals surface area contributed by atoms with Crippen LogP contribution >= 0.6 is 0 Å². The third-order valence-corrected chi connectivity index (χ3v) is 2.66. The molecule has 0 atom stereocenters. The van der Waals surface area contributed by atoms with Crippen molar-refractivity contribution in [3.8, 4) is 11.5 Å². The molecule has 0 saturated carbocycles. The van der Waals surface area contributed by atoms with E-state index in [0.29, 0.717) is 17.7 Å². The van der Waals surface area contributed by atoms with Crippen LogP contribution in [-0.2, 0) is 6.61 Å². The molecule has 0 aliphatic heterocycles. The maximum Gasteiger partial charge on any atom is 1.00 e. The predicted octanol–water partition coefficient (Wildman–Crippen LogP) is 0.169. The van der Waals surface area contributed by atoms with Gasteiger partial charge in [-0.3, -0.25) is 0 Å². The fourth-order valence-electron chi connectivity index (χ4n) is 1.66. The summed E-state index contributed by atoms with van der Waals surface area (Å²) in [5, 5.41) is 9.09. The molecule has 0 heterocycles. The Labute approximate surface area is 161 Å². The minimum absolute atomic E-state index is 0. The van der Waals surface area contributed by atoms with Crippen molar-refractivity contribution >= 4 is 12.4 Å². The van der Waals surface area contributed by atoms with Gasteiger partial charge in [0, 0.05) is 6.07 Å². The number of hydrogen-bond acceptors (Lipinski definition) is 2. The summed E-state index contributed by atoms with van der Waals surface area (Å²) in [5.74, 6) is -1.29. The van der Waals surface area contributed by atoms with Gasteiger partial charge < -0.3 is 22.8 Å². The smallest absolute Gasteiger partial charge is 0.508 e. The number of phenolic OH excluding ortho intramolecular Hbond substituents is 1. The first-order chi connectivity index (χ1) is 9.36. The number of benzene rings is 2. The molecule has 2 rings (SSSR count). The van der Waals surface area contributed by atoms with E-state index in [4.69, 9.17) is 9.84 Å². The molecule has 0 amide bonds. The maximum absolute atomic E-state index is 13.0. The normalized spacial score (nSPS) is 10.9. The summed E-state index contributed by atoms with van der Waals surface area (Å²) in [6.07, 6.45) is 0. The Morgan fingerprint density at radius 1 is 1.00 bits per heavy atom. The van der Waals surface area contributed by atoms with Gasteiger partial charge in [0.1, 0.15) is 18.2 Å². The van der Waals surface area contributed by atoms with Gasteiger partial charge in [0.05, 0.1) is 5.75 Å². The number of phenols is 1. The van der Waals surface area contributed by atoms with Crippen molar-refractivity contribution in [2.24, 2.45) is 0 Å². The first-order valence-corrected chi connectivity index (χ1v) is 5.76. The molecule has 0 aromatic heterocycles. The number of hydrogen-bond donors (Lipinski definition) is 1. The quantitative estimate of drug-likeness (QED) is 0.642. The molecule has 2 aromatic carbocycles. The fourth-order valence-corrected chi connectivity index (χ4v) is 1.66. The Balaban J connectivity index is 0.00000220. The van der Waals surface area contributed by atoms with Crippen LogP contribution in [0.25, 0.3) is 0 Å². The zero-order valence-electron chi connectivity index (χ0n) is 11.2. The van der Waals surface area contributed by atoms with E-state index in [-0.39, 0.29) is 63.7 Å². The molecule has 0 fully saturated rings. The summed E-state index contributed by atoms with van der Waals surface area (Å²) in [6, 6.07) is 7.92. The van der Waals surface area contributed by atoms with Crippen molar-refractivity contribution in [2.75, 3.05) is 0 Å². The van der Waals surface area contributed by atoms with E-state index in [9.17, 15) is 17.3 Å². The van der Waals surface area contributed by atoms with Gasteiger partial charge >= 0.3 is 58.4 Å². The van der Waals surface area contributed by atoms with Gasteiger partial charge in [0.15, 0.2) is 0 Å². The third-order valence-electron chi connectivity index (χ3n) is 2.66. The van der Waals surface area contributed by atoms with Crippen molar-refractivity contribution in [2.45, 2.75) is 6.61 Å². The van der Waals surface area contributed by atoms with Crippen LogP contribution < -0.4 is 61.6 Å². The zero-order valence-corrected chi connectivity index (χ0v) is 14.3. The molecule has 0 bridgehead atoms. The van der Waals surface area contributed by atoms with Gasteiger partial charge in [0.25, 0.3) is 0 Å². The summed E-state index contributed by atoms with van der Waals surface area (Å²) in [5.41, 5.74) is -0.405. The van der Waals surface area contributed by atoms with Crippen LogP contribution in [0, 0.1) is 5.82 Å². The van der Waals surface area contributed by atoms with E-state index in [0.717, 1.165) is 6.07 Å². The summed E-state index contributed by atoms with van der Waals surface area (Å²) in [7, 11) is 0. The molecule has 2 aromatic rings. The summed E-state index contributed by atoms with van der Waals surface area (Å²) in [6.45, 7) is -5.42. The van der Waals surface area contributed by atoms with Gasteiger partial charge in [-0.25, -0.2) is 4.39 Å². The Hall–Kier alpha value is -0.539. The van der Waals surface area contributed by atoms with E-state index in [1.807, 2.05) is 0 Å². The van der Waals surface area contributed by atoms with Crippen molar-refractivity contribution < 1.29 is 78.6 Å². The molecule has 0 spiro atoms. The molecule has 2 nitrogen and oxygen atoms in total. The second-order valence-corrected chi connectivity index (χ2v) is 4.21. The third kappa shape index (κ3) is 5.30. The zero-order chi connectivity index (χ0) is 14.8. The Bertz CT molecular complexity index is 602. The number of aromatic hydroxyl groups is 1. The maximum atomic E-state index is 13.0. The fraction of sp³-hybridized carbons (Fsp3) is 0.0769. The average Bonchev–Trinajstić information content (AvgIpc) is 2.36. The van der Waals surface area contributed by atoms with Crippen LogP contribution in [0.4, 0.5) is 17.3 Å². The Morgan fingerprint density at radius 3 is 2.19 bits per heavy atom. The van der Waals surface area contributed by atoms with Crippen molar-refractivity contribution in [1.29, 1.82) is 0 Å². The van der Waals surface area contributed by atoms with E-state index in [2.05, 4.69) is 0 Å². The molecule has 0 aliphatic rings. The second-order valence-electron chi connectivity index (χ2n) is 4.21. The molecular weight excluding hydrogens is 314 g/mol. The summed E-state index contributed by atoms with van der Waals surface area (Å²) in [4.78, 5) is 0. The first-order valence-electron chi connectivity index (χ1n) is 5.76. The number of rotatable bonds is 4. The standard InChI is InChI=1S/C13H10BF4O2.K/c15-10-3-6-12(14(16,17)18)13(7-10)20-8-9-1-4-11(19)5-2-9;/h1-7,19H,8H2;/q-1;+1. The average molecular weight is 324 g/mol. The molecule has 0 unspecified atom stereocenters. The molecule has 106 valence electrons. The first kappa shape index (κ1) is 18.5. The van der Waals surface area contributed by atoms with E-state index in [1.54, 1.807) is 0 Å². The van der Waals surface area contributed by atoms with Crippen molar-refractivity contribution in [1.82, 2.24) is 0 Å². The van der Waals surface area contributed by atoms with Crippen LogP contribution in [0.2, 0.25) is 0 Å². The number of ether oxygens (including phenoxy) is 1. The van der Waals surface area contributed by atoms with Crippen molar-refractivity contribution in [3.63, 3.8) is 0 Å². The molecule has 21 heavy (non-hydrogen) atoms. The SMILES string of the molecule is Oc1ccc(COc2cc(F)ccc2[B-](F)(F)F)cc1.[K+]. The van der Waals surface area contributed by atoms with Crippen LogP contribution in [0.1, 0.15) is 5.56 Å². The predicted molar refractivity (Wildman–Crippen MR) is 67.6 cm³/mol. The monoisotopic (exact) mass is 324 g/mol. The van der Waals surface area contributed by atoms with Crippen molar-refractivity contribution in [3.05, 3.63) is 53.8 Å². The topological polar surface area (TPSA) is 29.5 Å². The second kappa shape index (κ2) is 7.64. The molecule has 1 N–H and O–H groups in total. The molecular formula is C13H10BF4KO2. The molecule has 0 aliphatic carbocycles. The van der Waals surface area contributed by atoms with Crippen LogP contribution in [0.15, 0.2) is 42.5 Å². The molecule has 0 saturated heterocycles. The summed E-state index contributed by atoms with van der Waals surface area (Å²) >= 11 is 0. The Morgan fingerprint density at radius 2 is 1.62 bits per heavy atom. The van der Waals surface area contributed by atoms with Gasteiger partial charge in [-0.2, -0.15) is 0 Å². The van der Waals surface area contributed by atoms with Gasteiger partial charge in [-0.05, 0) is 23.8 Å².